The molecule has 0 bridgehead atoms. The number of quaternary nitrogens is 1. The van der Waals surface area contributed by atoms with E-state index in [1.54, 1.807) is 0 Å². The Hall–Kier alpha value is 0.400. The minimum atomic E-state index is 0. The number of hydrogen-bond acceptors (Lipinski definition) is 1. The van der Waals surface area contributed by atoms with E-state index in [2.05, 4.69) is 12.2 Å². The van der Waals surface area contributed by atoms with Crippen molar-refractivity contribution in [2.75, 3.05) is 13.7 Å². The van der Waals surface area contributed by atoms with E-state index in [0.717, 1.165) is 6.42 Å². The van der Waals surface area contributed by atoms with Crippen molar-refractivity contribution in [2.45, 2.75) is 19.4 Å². The predicted octanol–water partition coefficient (Wildman–Crippen LogP) is -4.05. The van der Waals surface area contributed by atoms with Crippen molar-refractivity contribution in [1.82, 2.24) is 0 Å². The molecule has 3 N–H and O–H groups in total. The first kappa shape index (κ1) is 11.2. The number of halogens is 1. The minimum absolute atomic E-state index is 0. The Balaban J connectivity index is 0. The standard InChI is InChI=1S/C5H13NO.BrH/c1-5(6-2)3-4-7;/h5-7H,3-4H2,1-2H3;1H. The van der Waals surface area contributed by atoms with Gasteiger partial charge in [0, 0.05) is 13.0 Å². The van der Waals surface area contributed by atoms with Crippen molar-refractivity contribution in [1.29, 1.82) is 0 Å². The maximum absolute atomic E-state index is 8.35. The summed E-state index contributed by atoms with van der Waals surface area (Å²) in [5.41, 5.74) is 0. The second kappa shape index (κ2) is 7.40. The lowest BCUT2D eigenvalue weighted by atomic mass is 10.2. The van der Waals surface area contributed by atoms with Gasteiger partial charge < -0.3 is 27.4 Å². The molecule has 0 aliphatic rings. The molecular weight excluding hydrogens is 170 g/mol. The van der Waals surface area contributed by atoms with Crippen LogP contribution in [0.1, 0.15) is 13.3 Å². The highest BCUT2D eigenvalue weighted by molar-refractivity contribution is 4.39. The highest BCUT2D eigenvalue weighted by atomic mass is 79.9. The van der Waals surface area contributed by atoms with Gasteiger partial charge in [-0.05, 0) is 6.92 Å². The third-order valence-corrected chi connectivity index (χ3v) is 1.15. The van der Waals surface area contributed by atoms with Gasteiger partial charge in [-0.3, -0.25) is 0 Å². The Labute approximate surface area is 61.1 Å². The molecule has 0 aromatic carbocycles. The molecule has 0 aromatic rings. The molecule has 3 heteroatoms. The van der Waals surface area contributed by atoms with Crippen LogP contribution in [0.15, 0.2) is 0 Å². The van der Waals surface area contributed by atoms with Crippen molar-refractivity contribution in [3.05, 3.63) is 0 Å². The average molecular weight is 184 g/mol. The fourth-order valence-corrected chi connectivity index (χ4v) is 0.370. The summed E-state index contributed by atoms with van der Waals surface area (Å²) >= 11 is 0. The van der Waals surface area contributed by atoms with Crippen LogP contribution in [0.4, 0.5) is 0 Å². The van der Waals surface area contributed by atoms with Crippen LogP contribution in [0.5, 0.6) is 0 Å². The van der Waals surface area contributed by atoms with Gasteiger partial charge in [0.1, 0.15) is 0 Å². The maximum atomic E-state index is 8.35. The Morgan fingerprint density at radius 2 is 2.12 bits per heavy atom. The average Bonchev–Trinajstić information content (AvgIpc) is 1.68. The molecule has 52 valence electrons. The number of nitrogens with two attached hydrogens (primary N) is 1. The van der Waals surface area contributed by atoms with Gasteiger partial charge >= 0.3 is 0 Å². The summed E-state index contributed by atoms with van der Waals surface area (Å²) in [6.45, 7) is 2.40. The Kier molecular flexibility index (Phi) is 10.4. The zero-order valence-electron chi connectivity index (χ0n) is 5.39. The molecule has 1 unspecified atom stereocenters. The van der Waals surface area contributed by atoms with Gasteiger partial charge in [-0.15, -0.1) is 0 Å². The van der Waals surface area contributed by atoms with Gasteiger partial charge in [0.25, 0.3) is 0 Å². The molecule has 0 saturated heterocycles. The normalized spacial score (nSPS) is 12.4. The second-order valence-electron chi connectivity index (χ2n) is 1.82. The largest absolute Gasteiger partial charge is 1.00 e. The molecule has 0 fully saturated rings. The van der Waals surface area contributed by atoms with E-state index < -0.39 is 0 Å². The minimum Gasteiger partial charge on any atom is -1.00 e. The van der Waals surface area contributed by atoms with Gasteiger partial charge in [0.2, 0.25) is 0 Å². The van der Waals surface area contributed by atoms with Crippen LogP contribution in [0.2, 0.25) is 0 Å². The van der Waals surface area contributed by atoms with Crippen molar-refractivity contribution in [3.63, 3.8) is 0 Å². The third-order valence-electron chi connectivity index (χ3n) is 1.15. The topological polar surface area (TPSA) is 36.8 Å². The molecule has 0 aromatic heterocycles. The Morgan fingerprint density at radius 1 is 1.62 bits per heavy atom. The molecule has 2 nitrogen and oxygen atoms in total. The van der Waals surface area contributed by atoms with Crippen molar-refractivity contribution in [2.24, 2.45) is 0 Å². The first-order chi connectivity index (χ1) is 3.31. The van der Waals surface area contributed by atoms with Crippen LogP contribution in [-0.4, -0.2) is 24.8 Å². The van der Waals surface area contributed by atoms with E-state index in [-0.39, 0.29) is 17.0 Å². The summed E-state index contributed by atoms with van der Waals surface area (Å²) in [5, 5.41) is 10.4. The fourth-order valence-electron chi connectivity index (χ4n) is 0.370. The lowest BCUT2D eigenvalue weighted by Gasteiger charge is -2.01. The molecule has 0 aliphatic heterocycles. The first-order valence-electron chi connectivity index (χ1n) is 2.71. The van der Waals surface area contributed by atoms with Crippen LogP contribution in [-0.2, 0) is 0 Å². The predicted molar refractivity (Wildman–Crippen MR) is 29.0 cm³/mol. The number of rotatable bonds is 3. The number of hydrogen-bond donors (Lipinski definition) is 2. The fraction of sp³-hybridized carbons (Fsp3) is 1.00. The molecule has 0 spiro atoms. The second-order valence-corrected chi connectivity index (χ2v) is 1.82. The molecule has 0 amide bonds. The highest BCUT2D eigenvalue weighted by Gasteiger charge is 1.96. The molecule has 0 saturated carbocycles. The van der Waals surface area contributed by atoms with E-state index in [1.807, 2.05) is 7.05 Å². The highest BCUT2D eigenvalue weighted by Crippen LogP contribution is 1.77. The number of aliphatic hydroxyl groups is 1. The van der Waals surface area contributed by atoms with Gasteiger partial charge in [-0.2, -0.15) is 0 Å². The van der Waals surface area contributed by atoms with Crippen LogP contribution < -0.4 is 22.3 Å². The molecule has 0 aliphatic carbocycles. The zero-order chi connectivity index (χ0) is 5.70. The van der Waals surface area contributed by atoms with Crippen molar-refractivity contribution in [3.8, 4) is 0 Å². The lowest BCUT2D eigenvalue weighted by molar-refractivity contribution is -0.660. The van der Waals surface area contributed by atoms with Crippen LogP contribution in [0.3, 0.4) is 0 Å². The molecule has 0 rings (SSSR count). The third kappa shape index (κ3) is 6.40. The lowest BCUT2D eigenvalue weighted by Crippen LogP contribution is -3.00. The van der Waals surface area contributed by atoms with E-state index in [9.17, 15) is 0 Å². The maximum Gasteiger partial charge on any atom is 0.0850 e. The number of aliphatic hydroxyl groups excluding tert-OH is 1. The van der Waals surface area contributed by atoms with Crippen LogP contribution in [0.25, 0.3) is 0 Å². The van der Waals surface area contributed by atoms with Gasteiger partial charge in [0.15, 0.2) is 0 Å². The smallest absolute Gasteiger partial charge is 0.0850 e. The summed E-state index contributed by atoms with van der Waals surface area (Å²) < 4.78 is 0. The summed E-state index contributed by atoms with van der Waals surface area (Å²) in [7, 11) is 2.01. The quantitative estimate of drug-likeness (QED) is 0.460. The van der Waals surface area contributed by atoms with Gasteiger partial charge in [-0.25, -0.2) is 0 Å². The Bertz CT molecular complexity index is 43.4. The molecular formula is C5H14BrNO. The van der Waals surface area contributed by atoms with Crippen molar-refractivity contribution >= 4 is 0 Å². The van der Waals surface area contributed by atoms with Crippen LogP contribution >= 0.6 is 0 Å². The molecule has 8 heavy (non-hydrogen) atoms. The van der Waals surface area contributed by atoms with Crippen LogP contribution in [0, 0.1) is 0 Å². The molecule has 0 heterocycles. The van der Waals surface area contributed by atoms with E-state index in [4.69, 9.17) is 5.11 Å². The molecule has 0 radical (unpaired) electrons. The van der Waals surface area contributed by atoms with Gasteiger partial charge in [-0.1, -0.05) is 0 Å². The van der Waals surface area contributed by atoms with E-state index in [0.29, 0.717) is 12.6 Å². The SMILES string of the molecule is C[NH2+]C(C)CCO.[Br-]. The summed E-state index contributed by atoms with van der Waals surface area (Å²) in [6.07, 6.45) is 0.899. The summed E-state index contributed by atoms with van der Waals surface area (Å²) in [4.78, 5) is 0. The van der Waals surface area contributed by atoms with E-state index in [1.165, 1.54) is 0 Å². The van der Waals surface area contributed by atoms with Gasteiger partial charge in [0.05, 0.1) is 13.1 Å². The van der Waals surface area contributed by atoms with Crippen molar-refractivity contribution < 1.29 is 27.4 Å². The monoisotopic (exact) mass is 183 g/mol. The Morgan fingerprint density at radius 3 is 2.25 bits per heavy atom. The summed E-state index contributed by atoms with van der Waals surface area (Å²) in [6, 6.07) is 0.574. The zero-order valence-corrected chi connectivity index (χ0v) is 6.98. The molecule has 1 atom stereocenters. The summed E-state index contributed by atoms with van der Waals surface area (Å²) in [5.74, 6) is 0. The first-order valence-corrected chi connectivity index (χ1v) is 2.71. The van der Waals surface area contributed by atoms with E-state index >= 15 is 0 Å².